The minimum absolute atomic E-state index is 0.268. The highest BCUT2D eigenvalue weighted by atomic mass is 16.6. The van der Waals surface area contributed by atoms with Crippen LogP contribution in [0.25, 0.3) is 0 Å². The molecule has 0 amide bonds. The van der Waals surface area contributed by atoms with Crippen LogP contribution < -0.4 is 10.6 Å². The van der Waals surface area contributed by atoms with Crippen LogP contribution >= 0.6 is 0 Å². The largest absolute Gasteiger partial charge is 0.482 e. The molecular formula is C9H11NO4. The molecule has 0 saturated heterocycles. The second kappa shape index (κ2) is 5.21. The number of carboxylic acids is 1. The topological polar surface area (TPSA) is 81.8 Å². The summed E-state index contributed by atoms with van der Waals surface area (Å²) in [6, 6.07) is 6.89. The number of hydrogen-bond acceptors (Lipinski definition) is 4. The number of hydrogen-bond donors (Lipinski definition) is 2. The van der Waals surface area contributed by atoms with Gasteiger partial charge in [0.2, 0.25) is 0 Å². The summed E-state index contributed by atoms with van der Waals surface area (Å²) in [6.45, 7) is -0.0861. The smallest absolute Gasteiger partial charge is 0.341 e. The van der Waals surface area contributed by atoms with E-state index in [-0.39, 0.29) is 13.2 Å². The summed E-state index contributed by atoms with van der Waals surface area (Å²) in [5.41, 5.74) is 0.829. The minimum atomic E-state index is -1.01. The third-order valence-electron chi connectivity index (χ3n) is 1.51. The molecule has 0 heterocycles. The van der Waals surface area contributed by atoms with Gasteiger partial charge in [-0.3, -0.25) is 4.84 Å². The first-order valence-corrected chi connectivity index (χ1v) is 3.97. The van der Waals surface area contributed by atoms with Gasteiger partial charge in [-0.25, -0.2) is 10.7 Å². The van der Waals surface area contributed by atoms with Crippen LogP contribution in [0.2, 0.25) is 0 Å². The third-order valence-corrected chi connectivity index (χ3v) is 1.51. The zero-order valence-corrected chi connectivity index (χ0v) is 7.47. The monoisotopic (exact) mass is 197 g/mol. The van der Waals surface area contributed by atoms with Crippen LogP contribution in [0, 0.1) is 0 Å². The van der Waals surface area contributed by atoms with Gasteiger partial charge in [0.05, 0.1) is 6.61 Å². The summed E-state index contributed by atoms with van der Waals surface area (Å²) in [7, 11) is 0. The molecule has 0 aromatic heterocycles. The Bertz CT molecular complexity index is 313. The maximum Gasteiger partial charge on any atom is 0.341 e. The van der Waals surface area contributed by atoms with Crippen LogP contribution in [0.4, 0.5) is 0 Å². The van der Waals surface area contributed by atoms with E-state index in [1.807, 2.05) is 0 Å². The Morgan fingerprint density at radius 3 is 2.93 bits per heavy atom. The fourth-order valence-electron chi connectivity index (χ4n) is 0.966. The number of ether oxygens (including phenoxy) is 1. The first-order valence-electron chi connectivity index (χ1n) is 3.97. The van der Waals surface area contributed by atoms with Gasteiger partial charge < -0.3 is 9.84 Å². The van der Waals surface area contributed by atoms with Gasteiger partial charge in [-0.05, 0) is 17.7 Å². The average molecular weight is 197 g/mol. The highest BCUT2D eigenvalue weighted by Gasteiger charge is 2.00. The average Bonchev–Trinajstić information content (AvgIpc) is 2.16. The van der Waals surface area contributed by atoms with Crippen molar-refractivity contribution in [1.82, 2.24) is 0 Å². The van der Waals surface area contributed by atoms with Gasteiger partial charge in [-0.15, -0.1) is 0 Å². The van der Waals surface area contributed by atoms with Crippen molar-refractivity contribution >= 4 is 5.97 Å². The van der Waals surface area contributed by atoms with E-state index < -0.39 is 5.97 Å². The summed E-state index contributed by atoms with van der Waals surface area (Å²) < 4.78 is 4.96. The summed E-state index contributed by atoms with van der Waals surface area (Å²) in [5, 5.41) is 8.38. The third kappa shape index (κ3) is 3.42. The molecule has 0 radical (unpaired) electrons. The normalized spacial score (nSPS) is 9.79. The SMILES string of the molecule is NOCc1cccc(OCC(=O)O)c1. The summed E-state index contributed by atoms with van der Waals surface area (Å²) >= 11 is 0. The quantitative estimate of drug-likeness (QED) is 0.673. The van der Waals surface area contributed by atoms with Crippen LogP contribution in [0.3, 0.4) is 0 Å². The predicted octanol–water partition coefficient (Wildman–Crippen LogP) is 0.540. The van der Waals surface area contributed by atoms with Crippen LogP contribution in [-0.2, 0) is 16.2 Å². The van der Waals surface area contributed by atoms with Gasteiger partial charge in [0.25, 0.3) is 0 Å². The molecule has 0 saturated carbocycles. The number of rotatable bonds is 5. The van der Waals surface area contributed by atoms with E-state index in [0.717, 1.165) is 5.56 Å². The van der Waals surface area contributed by atoms with Crippen molar-refractivity contribution in [3.8, 4) is 5.75 Å². The lowest BCUT2D eigenvalue weighted by atomic mass is 10.2. The Balaban J connectivity index is 2.58. The predicted molar refractivity (Wildman–Crippen MR) is 48.5 cm³/mol. The number of benzene rings is 1. The Labute approximate surface area is 81.0 Å². The Morgan fingerprint density at radius 1 is 1.50 bits per heavy atom. The highest BCUT2D eigenvalue weighted by Crippen LogP contribution is 2.13. The summed E-state index contributed by atoms with van der Waals surface area (Å²) in [4.78, 5) is 14.7. The van der Waals surface area contributed by atoms with Crippen molar-refractivity contribution in [2.24, 2.45) is 5.90 Å². The second-order valence-electron chi connectivity index (χ2n) is 2.64. The fraction of sp³-hybridized carbons (Fsp3) is 0.222. The van der Waals surface area contributed by atoms with Crippen molar-refractivity contribution in [1.29, 1.82) is 0 Å². The van der Waals surface area contributed by atoms with E-state index in [4.69, 9.17) is 15.7 Å². The number of carboxylic acid groups (broad SMARTS) is 1. The van der Waals surface area contributed by atoms with E-state index in [0.29, 0.717) is 5.75 Å². The molecule has 1 aromatic rings. The zero-order valence-electron chi connectivity index (χ0n) is 7.47. The molecule has 0 aliphatic carbocycles. The van der Waals surface area contributed by atoms with Crippen molar-refractivity contribution in [3.05, 3.63) is 29.8 Å². The van der Waals surface area contributed by atoms with Crippen LogP contribution in [0.1, 0.15) is 5.56 Å². The zero-order chi connectivity index (χ0) is 10.4. The van der Waals surface area contributed by atoms with Gasteiger partial charge in [0.1, 0.15) is 5.75 Å². The van der Waals surface area contributed by atoms with Gasteiger partial charge in [-0.2, -0.15) is 0 Å². The molecule has 76 valence electrons. The molecule has 0 spiro atoms. The lowest BCUT2D eigenvalue weighted by Crippen LogP contribution is -2.09. The van der Waals surface area contributed by atoms with Crippen molar-refractivity contribution in [2.75, 3.05) is 6.61 Å². The molecule has 0 atom stereocenters. The molecule has 1 aromatic carbocycles. The van der Waals surface area contributed by atoms with E-state index >= 15 is 0 Å². The molecule has 1 rings (SSSR count). The lowest BCUT2D eigenvalue weighted by Gasteiger charge is -2.04. The van der Waals surface area contributed by atoms with Gasteiger partial charge in [0.15, 0.2) is 6.61 Å². The molecule has 0 aliphatic heterocycles. The molecule has 14 heavy (non-hydrogen) atoms. The molecule has 3 N–H and O–H groups in total. The standard InChI is InChI=1S/C9H11NO4/c10-14-5-7-2-1-3-8(4-7)13-6-9(11)12/h1-4H,5-6,10H2,(H,11,12). The summed E-state index contributed by atoms with van der Waals surface area (Å²) in [5.74, 6) is 4.38. The van der Waals surface area contributed by atoms with Gasteiger partial charge in [-0.1, -0.05) is 12.1 Å². The van der Waals surface area contributed by atoms with Crippen molar-refractivity contribution in [3.63, 3.8) is 0 Å². The lowest BCUT2D eigenvalue weighted by molar-refractivity contribution is -0.139. The summed E-state index contributed by atoms with van der Waals surface area (Å²) in [6.07, 6.45) is 0. The van der Waals surface area contributed by atoms with Gasteiger partial charge in [0, 0.05) is 0 Å². The Morgan fingerprint density at radius 2 is 2.29 bits per heavy atom. The van der Waals surface area contributed by atoms with Crippen LogP contribution in [0.15, 0.2) is 24.3 Å². The van der Waals surface area contributed by atoms with Crippen LogP contribution in [0.5, 0.6) is 5.75 Å². The number of nitrogens with two attached hydrogens (primary N) is 1. The van der Waals surface area contributed by atoms with Gasteiger partial charge >= 0.3 is 5.97 Å². The molecular weight excluding hydrogens is 186 g/mol. The molecule has 0 fully saturated rings. The number of aliphatic carboxylic acids is 1. The van der Waals surface area contributed by atoms with Crippen molar-refractivity contribution in [2.45, 2.75) is 6.61 Å². The highest BCUT2D eigenvalue weighted by molar-refractivity contribution is 5.68. The number of carbonyl (C=O) groups is 1. The minimum Gasteiger partial charge on any atom is -0.482 e. The molecule has 5 heteroatoms. The Kier molecular flexibility index (Phi) is 3.90. The van der Waals surface area contributed by atoms with Crippen molar-refractivity contribution < 1.29 is 19.5 Å². The molecule has 0 aliphatic rings. The van der Waals surface area contributed by atoms with E-state index in [9.17, 15) is 4.79 Å². The maximum atomic E-state index is 10.2. The molecule has 5 nitrogen and oxygen atoms in total. The van der Waals surface area contributed by atoms with E-state index in [2.05, 4.69) is 4.84 Å². The molecule has 0 unspecified atom stereocenters. The van der Waals surface area contributed by atoms with E-state index in [1.54, 1.807) is 24.3 Å². The Hall–Kier alpha value is -1.59. The van der Waals surface area contributed by atoms with E-state index in [1.165, 1.54) is 0 Å². The first-order chi connectivity index (χ1) is 6.72. The van der Waals surface area contributed by atoms with Crippen LogP contribution in [-0.4, -0.2) is 17.7 Å². The fourth-order valence-corrected chi connectivity index (χ4v) is 0.966. The molecule has 0 bridgehead atoms. The maximum absolute atomic E-state index is 10.2. The first kappa shape index (κ1) is 10.5. The second-order valence-corrected chi connectivity index (χ2v) is 2.64.